The van der Waals surface area contributed by atoms with Crippen molar-refractivity contribution in [3.05, 3.63) is 11.9 Å². The topological polar surface area (TPSA) is 70.1 Å². The Morgan fingerprint density at radius 3 is 2.42 bits per heavy atom. The SMILES string of the molecule is CCCNc1cc(NCC2(CO)CC2)nc(CC)n1. The molecule has 5 nitrogen and oxygen atoms in total. The summed E-state index contributed by atoms with van der Waals surface area (Å²) in [5.41, 5.74) is 0.0916. The Morgan fingerprint density at radius 2 is 1.89 bits per heavy atom. The van der Waals surface area contributed by atoms with E-state index in [1.807, 2.05) is 6.07 Å². The number of aliphatic hydroxyl groups excluding tert-OH is 1. The fourth-order valence-corrected chi connectivity index (χ4v) is 1.94. The molecular formula is C14H24N4O. The van der Waals surface area contributed by atoms with Crippen LogP contribution in [0.1, 0.15) is 38.9 Å². The van der Waals surface area contributed by atoms with Crippen LogP contribution >= 0.6 is 0 Å². The van der Waals surface area contributed by atoms with Crippen molar-refractivity contribution in [2.24, 2.45) is 5.41 Å². The zero-order valence-corrected chi connectivity index (χ0v) is 11.9. The highest BCUT2D eigenvalue weighted by Gasteiger charge is 2.41. The van der Waals surface area contributed by atoms with E-state index in [9.17, 15) is 5.11 Å². The van der Waals surface area contributed by atoms with E-state index in [0.29, 0.717) is 0 Å². The van der Waals surface area contributed by atoms with E-state index in [2.05, 4.69) is 34.4 Å². The third-order valence-corrected chi connectivity index (χ3v) is 3.58. The molecule has 0 spiro atoms. The third kappa shape index (κ3) is 3.80. The number of nitrogens with zero attached hydrogens (tertiary/aromatic N) is 2. The molecule has 1 saturated carbocycles. The Bertz CT molecular complexity index is 418. The van der Waals surface area contributed by atoms with Crippen molar-refractivity contribution >= 4 is 11.6 Å². The van der Waals surface area contributed by atoms with Crippen molar-refractivity contribution in [1.82, 2.24) is 9.97 Å². The van der Waals surface area contributed by atoms with E-state index >= 15 is 0 Å². The first-order valence-electron chi connectivity index (χ1n) is 7.18. The molecule has 1 fully saturated rings. The number of hydrogen-bond acceptors (Lipinski definition) is 5. The lowest BCUT2D eigenvalue weighted by Gasteiger charge is -2.14. The lowest BCUT2D eigenvalue weighted by molar-refractivity contribution is 0.219. The second kappa shape index (κ2) is 6.19. The van der Waals surface area contributed by atoms with Crippen LogP contribution in [0.5, 0.6) is 0 Å². The van der Waals surface area contributed by atoms with Crippen molar-refractivity contribution in [1.29, 1.82) is 0 Å². The van der Waals surface area contributed by atoms with Crippen molar-refractivity contribution in [3.8, 4) is 0 Å². The molecule has 5 heteroatoms. The highest BCUT2D eigenvalue weighted by molar-refractivity contribution is 5.47. The number of nitrogens with one attached hydrogen (secondary N) is 2. The third-order valence-electron chi connectivity index (χ3n) is 3.58. The van der Waals surface area contributed by atoms with Gasteiger partial charge < -0.3 is 15.7 Å². The zero-order valence-electron chi connectivity index (χ0n) is 11.9. The second-order valence-corrected chi connectivity index (χ2v) is 5.35. The predicted molar refractivity (Wildman–Crippen MR) is 77.4 cm³/mol. The normalized spacial score (nSPS) is 16.2. The van der Waals surface area contributed by atoms with Crippen molar-refractivity contribution in [2.75, 3.05) is 30.3 Å². The molecule has 0 unspecified atom stereocenters. The maximum absolute atomic E-state index is 9.32. The molecule has 1 aromatic rings. The largest absolute Gasteiger partial charge is 0.396 e. The van der Waals surface area contributed by atoms with Gasteiger partial charge in [0.25, 0.3) is 0 Å². The van der Waals surface area contributed by atoms with Gasteiger partial charge in [-0.25, -0.2) is 9.97 Å². The van der Waals surface area contributed by atoms with Gasteiger partial charge in [-0.15, -0.1) is 0 Å². The van der Waals surface area contributed by atoms with Crippen molar-refractivity contribution in [3.63, 3.8) is 0 Å². The van der Waals surface area contributed by atoms with Crippen LogP contribution in [0.3, 0.4) is 0 Å². The summed E-state index contributed by atoms with van der Waals surface area (Å²) in [6, 6.07) is 1.95. The molecule has 1 aliphatic carbocycles. The van der Waals surface area contributed by atoms with Gasteiger partial charge in [-0.05, 0) is 19.3 Å². The van der Waals surface area contributed by atoms with E-state index in [0.717, 1.165) is 56.2 Å². The van der Waals surface area contributed by atoms with Crippen LogP contribution in [0.15, 0.2) is 6.07 Å². The first-order chi connectivity index (χ1) is 9.21. The summed E-state index contributed by atoms with van der Waals surface area (Å²) in [6.07, 6.45) is 4.09. The molecule has 19 heavy (non-hydrogen) atoms. The predicted octanol–water partition coefficient (Wildman–Crippen LogP) is 2.05. The molecule has 0 atom stereocenters. The molecule has 1 heterocycles. The summed E-state index contributed by atoms with van der Waals surface area (Å²) >= 11 is 0. The van der Waals surface area contributed by atoms with Gasteiger partial charge in [-0.3, -0.25) is 0 Å². The Hall–Kier alpha value is -1.36. The van der Waals surface area contributed by atoms with Crippen LogP contribution in [-0.4, -0.2) is 34.8 Å². The quantitative estimate of drug-likeness (QED) is 0.670. The Balaban J connectivity index is 2.01. The average molecular weight is 264 g/mol. The van der Waals surface area contributed by atoms with Gasteiger partial charge in [0.15, 0.2) is 0 Å². The van der Waals surface area contributed by atoms with Crippen LogP contribution < -0.4 is 10.6 Å². The maximum Gasteiger partial charge on any atom is 0.132 e. The minimum absolute atomic E-state index is 0.0916. The van der Waals surface area contributed by atoms with E-state index in [-0.39, 0.29) is 12.0 Å². The van der Waals surface area contributed by atoms with Crippen LogP contribution in [0.2, 0.25) is 0 Å². The van der Waals surface area contributed by atoms with Gasteiger partial charge in [0.1, 0.15) is 17.5 Å². The first-order valence-corrected chi connectivity index (χ1v) is 7.18. The fourth-order valence-electron chi connectivity index (χ4n) is 1.94. The molecule has 3 N–H and O–H groups in total. The Labute approximate surface area is 114 Å². The van der Waals surface area contributed by atoms with E-state index < -0.39 is 0 Å². The van der Waals surface area contributed by atoms with Gasteiger partial charge >= 0.3 is 0 Å². The molecule has 2 rings (SSSR count). The number of aliphatic hydroxyl groups is 1. The molecule has 0 saturated heterocycles. The molecule has 1 aliphatic rings. The van der Waals surface area contributed by atoms with Gasteiger partial charge in [-0.1, -0.05) is 13.8 Å². The van der Waals surface area contributed by atoms with Gasteiger partial charge in [0.05, 0.1) is 6.61 Å². The summed E-state index contributed by atoms with van der Waals surface area (Å²) < 4.78 is 0. The Morgan fingerprint density at radius 1 is 1.21 bits per heavy atom. The highest BCUT2D eigenvalue weighted by Crippen LogP contribution is 2.44. The zero-order chi connectivity index (χ0) is 13.7. The summed E-state index contributed by atoms with van der Waals surface area (Å²) in [4.78, 5) is 8.94. The minimum Gasteiger partial charge on any atom is -0.396 e. The van der Waals surface area contributed by atoms with E-state index in [1.165, 1.54) is 0 Å². The molecular weight excluding hydrogens is 240 g/mol. The van der Waals surface area contributed by atoms with Crippen molar-refractivity contribution in [2.45, 2.75) is 39.5 Å². The van der Waals surface area contributed by atoms with Crippen molar-refractivity contribution < 1.29 is 5.11 Å². The van der Waals surface area contributed by atoms with Crippen LogP contribution in [-0.2, 0) is 6.42 Å². The summed E-state index contributed by atoms with van der Waals surface area (Å²) in [7, 11) is 0. The average Bonchev–Trinajstić information content (AvgIpc) is 3.23. The summed E-state index contributed by atoms with van der Waals surface area (Å²) in [5.74, 6) is 2.58. The molecule has 0 amide bonds. The maximum atomic E-state index is 9.32. The number of rotatable bonds is 8. The number of anilines is 2. The van der Waals surface area contributed by atoms with Crippen LogP contribution in [0, 0.1) is 5.41 Å². The minimum atomic E-state index is 0.0916. The lowest BCUT2D eigenvalue weighted by Crippen LogP contribution is -2.20. The molecule has 0 aliphatic heterocycles. The lowest BCUT2D eigenvalue weighted by atomic mass is 10.1. The molecule has 0 radical (unpaired) electrons. The van der Waals surface area contributed by atoms with Crippen LogP contribution in [0.4, 0.5) is 11.6 Å². The monoisotopic (exact) mass is 264 g/mol. The highest BCUT2D eigenvalue weighted by atomic mass is 16.3. The van der Waals surface area contributed by atoms with E-state index in [1.54, 1.807) is 0 Å². The number of aromatic nitrogens is 2. The molecule has 0 aromatic carbocycles. The number of aryl methyl sites for hydroxylation is 1. The van der Waals surface area contributed by atoms with E-state index in [4.69, 9.17) is 0 Å². The summed E-state index contributed by atoms with van der Waals surface area (Å²) in [5, 5.41) is 16.0. The second-order valence-electron chi connectivity index (χ2n) is 5.35. The fraction of sp³-hybridized carbons (Fsp3) is 0.714. The smallest absolute Gasteiger partial charge is 0.132 e. The Kier molecular flexibility index (Phi) is 4.58. The van der Waals surface area contributed by atoms with Gasteiger partial charge in [0, 0.05) is 31.0 Å². The van der Waals surface area contributed by atoms with Gasteiger partial charge in [-0.2, -0.15) is 0 Å². The molecule has 0 bridgehead atoms. The van der Waals surface area contributed by atoms with Crippen LogP contribution in [0.25, 0.3) is 0 Å². The first kappa shape index (κ1) is 14.1. The number of hydrogen-bond donors (Lipinski definition) is 3. The van der Waals surface area contributed by atoms with Gasteiger partial charge in [0.2, 0.25) is 0 Å². The molecule has 106 valence electrons. The standard InChI is InChI=1S/C14H24N4O/c1-3-7-15-12-8-13(18-11(4-2)17-12)16-9-14(10-19)5-6-14/h8,19H,3-7,9-10H2,1-2H3,(H2,15,16,17,18). The summed E-state index contributed by atoms with van der Waals surface area (Å²) in [6.45, 7) is 6.15. The molecule has 1 aromatic heterocycles.